The number of ether oxygens (including phenoxy) is 1. The van der Waals surface area contributed by atoms with E-state index < -0.39 is 48.1 Å². The van der Waals surface area contributed by atoms with E-state index in [0.29, 0.717) is 0 Å². The van der Waals surface area contributed by atoms with Crippen molar-refractivity contribution < 1.29 is 44.0 Å². The van der Waals surface area contributed by atoms with Gasteiger partial charge in [-0.05, 0) is 0 Å². The van der Waals surface area contributed by atoms with Gasteiger partial charge in [-0.3, -0.25) is 9.59 Å². The Bertz CT molecular complexity index is 416. The van der Waals surface area contributed by atoms with Crippen molar-refractivity contribution >= 4 is 67.4 Å². The van der Waals surface area contributed by atoms with Gasteiger partial charge in [0.1, 0.15) is 5.60 Å². The number of hydrogen-bond acceptors (Lipinski definition) is 9. The molecule has 0 aromatic rings. The number of Topliss-reactive ketones (excluding diaryl/α,β-unsaturated/α-hetero) is 1. The Kier molecular flexibility index (Phi) is 8.76. The number of esters is 2. The van der Waals surface area contributed by atoms with E-state index in [-0.39, 0.29) is 37.7 Å². The van der Waals surface area contributed by atoms with E-state index in [9.17, 15) is 39.3 Å². The summed E-state index contributed by atoms with van der Waals surface area (Å²) in [5, 5.41) is 30.0. The molecule has 10 heteroatoms. The Balaban J connectivity index is 0. The van der Waals surface area contributed by atoms with E-state index in [1.807, 2.05) is 0 Å². The van der Waals surface area contributed by atoms with Crippen LogP contribution in [0.25, 0.3) is 0 Å². The van der Waals surface area contributed by atoms with Gasteiger partial charge in [0.15, 0.2) is 0 Å². The summed E-state index contributed by atoms with van der Waals surface area (Å²) in [6.45, 7) is 0.793. The first-order valence-electron chi connectivity index (χ1n) is 4.47. The van der Waals surface area contributed by atoms with Crippen LogP contribution in [0.3, 0.4) is 0 Å². The average molecular weight is 300 g/mol. The first-order chi connectivity index (χ1) is 8.08. The molecule has 0 saturated heterocycles. The first-order valence-corrected chi connectivity index (χ1v) is 4.47. The van der Waals surface area contributed by atoms with E-state index in [1.165, 1.54) is 0 Å². The van der Waals surface area contributed by atoms with Crippen LogP contribution in [0.1, 0.15) is 19.8 Å². The quantitative estimate of drug-likeness (QED) is 0.220. The van der Waals surface area contributed by atoms with Gasteiger partial charge in [0.25, 0.3) is 0 Å². The minimum atomic E-state index is -3.08. The van der Waals surface area contributed by atoms with Gasteiger partial charge in [0.2, 0.25) is 5.78 Å². The Hall–Kier alpha value is -1.03. The molecule has 0 rings (SSSR count). The van der Waals surface area contributed by atoms with Crippen LogP contribution in [0.5, 0.6) is 0 Å². The molecule has 0 aliphatic rings. The maximum absolute atomic E-state index is 11.0. The molecular formula is C9H8CaO9. The van der Waals surface area contributed by atoms with Gasteiger partial charge in [0.05, 0.1) is 12.4 Å². The maximum Gasteiger partial charge on any atom is 2.00 e. The predicted octanol–water partition coefficient (Wildman–Crippen LogP) is -4.72. The smallest absolute Gasteiger partial charge is 0.550 e. The minimum absolute atomic E-state index is 0. The zero-order valence-corrected chi connectivity index (χ0v) is 12.0. The fourth-order valence-electron chi connectivity index (χ4n) is 0.896. The van der Waals surface area contributed by atoms with E-state index in [0.717, 1.165) is 6.92 Å². The normalized spacial score (nSPS) is 12.5. The van der Waals surface area contributed by atoms with Crippen molar-refractivity contribution in [2.24, 2.45) is 0 Å². The molecule has 0 aliphatic carbocycles. The average Bonchev–Trinajstić information content (AvgIpc) is 2.14. The van der Waals surface area contributed by atoms with Crippen molar-refractivity contribution in [2.45, 2.75) is 25.4 Å². The second kappa shape index (κ2) is 8.20. The maximum atomic E-state index is 11.0. The van der Waals surface area contributed by atoms with Crippen LogP contribution < -0.4 is 10.2 Å². The molecule has 1 atom stereocenters. The van der Waals surface area contributed by atoms with E-state index >= 15 is 0 Å². The minimum Gasteiger partial charge on any atom is -0.550 e. The molecule has 0 saturated carbocycles. The topological polar surface area (TPSA) is 161 Å². The van der Waals surface area contributed by atoms with E-state index in [4.69, 9.17) is 0 Å². The molecule has 0 amide bonds. The molecular weight excluding hydrogens is 292 g/mol. The number of rotatable bonds is 6. The number of carboxylic acids is 2. The third-order valence-electron chi connectivity index (χ3n) is 1.75. The van der Waals surface area contributed by atoms with Gasteiger partial charge in [0, 0.05) is 19.3 Å². The largest absolute Gasteiger partial charge is 2.00 e. The third kappa shape index (κ3) is 7.21. The second-order valence-corrected chi connectivity index (χ2v) is 3.36. The van der Waals surface area contributed by atoms with E-state index in [1.54, 1.807) is 0 Å². The molecule has 0 aromatic heterocycles. The molecule has 100 valence electrons. The summed E-state index contributed by atoms with van der Waals surface area (Å²) in [6, 6.07) is 0. The summed E-state index contributed by atoms with van der Waals surface area (Å²) in [5.41, 5.74) is -3.08. The summed E-state index contributed by atoms with van der Waals surface area (Å²) in [4.78, 5) is 52.8. The van der Waals surface area contributed by atoms with Crippen molar-refractivity contribution in [3.63, 3.8) is 0 Å². The Morgan fingerprint density at radius 3 is 1.89 bits per heavy atom. The van der Waals surface area contributed by atoms with Crippen molar-refractivity contribution in [3.05, 3.63) is 0 Å². The molecule has 0 radical (unpaired) electrons. The third-order valence-corrected chi connectivity index (χ3v) is 1.75. The Morgan fingerprint density at radius 2 is 1.58 bits per heavy atom. The predicted molar refractivity (Wildman–Crippen MR) is 51.7 cm³/mol. The second-order valence-electron chi connectivity index (χ2n) is 3.36. The molecule has 0 heterocycles. The summed E-state index contributed by atoms with van der Waals surface area (Å²) < 4.78 is 3.85. The monoisotopic (exact) mass is 300 g/mol. The number of hydrogen-bond donors (Lipinski definition) is 1. The number of carboxylic acid groups (broad SMARTS) is 2. The SMILES string of the molecule is CC(=O)C(=O)OC(=O)CC(O)(CC(=O)[O-])C(=O)[O-].[Ca+2]. The first kappa shape index (κ1) is 20.3. The fourth-order valence-corrected chi connectivity index (χ4v) is 0.896. The molecule has 0 bridgehead atoms. The van der Waals surface area contributed by atoms with Gasteiger partial charge in [-0.15, -0.1) is 0 Å². The van der Waals surface area contributed by atoms with Crippen LogP contribution >= 0.6 is 0 Å². The number of carbonyl (C=O) groups excluding carboxylic acids is 5. The van der Waals surface area contributed by atoms with Crippen LogP contribution in [0.2, 0.25) is 0 Å². The van der Waals surface area contributed by atoms with Crippen molar-refractivity contribution in [1.29, 1.82) is 0 Å². The number of ketones is 1. The standard InChI is InChI=1S/C9H10O9.Ca/c1-4(10)7(14)18-6(13)3-9(17,8(15)16)2-5(11)12;/h17H,2-3H2,1H3,(H,11,12)(H,15,16);/q;+2/p-2. The van der Waals surface area contributed by atoms with Crippen LogP contribution in [0.15, 0.2) is 0 Å². The fraction of sp³-hybridized carbons (Fsp3) is 0.444. The van der Waals surface area contributed by atoms with Crippen molar-refractivity contribution in [2.75, 3.05) is 0 Å². The summed E-state index contributed by atoms with van der Waals surface area (Å²) >= 11 is 0. The molecule has 0 aromatic carbocycles. The summed E-state index contributed by atoms with van der Waals surface area (Å²) in [6.07, 6.45) is -2.80. The zero-order chi connectivity index (χ0) is 14.5. The van der Waals surface area contributed by atoms with Crippen LogP contribution in [0, 0.1) is 0 Å². The number of aliphatic hydroxyl groups is 1. The van der Waals surface area contributed by atoms with Crippen molar-refractivity contribution in [1.82, 2.24) is 0 Å². The van der Waals surface area contributed by atoms with Gasteiger partial charge < -0.3 is 29.6 Å². The Labute approximate surface area is 136 Å². The zero-order valence-electron chi connectivity index (χ0n) is 9.83. The molecule has 0 spiro atoms. The molecule has 9 nitrogen and oxygen atoms in total. The van der Waals surface area contributed by atoms with Gasteiger partial charge in [-0.2, -0.15) is 0 Å². The number of aliphatic carboxylic acids is 2. The Morgan fingerprint density at radius 1 is 1.11 bits per heavy atom. The molecule has 0 fully saturated rings. The summed E-state index contributed by atoms with van der Waals surface area (Å²) in [5.74, 6) is -8.47. The van der Waals surface area contributed by atoms with Crippen LogP contribution in [-0.2, 0) is 28.7 Å². The van der Waals surface area contributed by atoms with Crippen LogP contribution in [-0.4, -0.2) is 78.1 Å². The van der Waals surface area contributed by atoms with Gasteiger partial charge >= 0.3 is 49.7 Å². The molecule has 1 N–H and O–H groups in total. The molecule has 0 aliphatic heterocycles. The summed E-state index contributed by atoms with van der Waals surface area (Å²) in [7, 11) is 0. The van der Waals surface area contributed by atoms with Gasteiger partial charge in [-0.1, -0.05) is 0 Å². The molecule has 19 heavy (non-hydrogen) atoms. The van der Waals surface area contributed by atoms with Crippen molar-refractivity contribution in [3.8, 4) is 0 Å². The van der Waals surface area contributed by atoms with E-state index in [2.05, 4.69) is 4.74 Å². The number of carbonyl (C=O) groups is 5. The van der Waals surface area contributed by atoms with Crippen LogP contribution in [0.4, 0.5) is 0 Å². The molecule has 1 unspecified atom stereocenters. The van der Waals surface area contributed by atoms with Gasteiger partial charge in [-0.25, -0.2) is 4.79 Å².